The Bertz CT molecular complexity index is 341. The Hall–Kier alpha value is 2.18. The van der Waals surface area contributed by atoms with Gasteiger partial charge >= 0.3 is 31.2 Å². The first kappa shape index (κ1) is 31.5. The molecule has 17 heavy (non-hydrogen) atoms. The summed E-state index contributed by atoms with van der Waals surface area (Å²) in [4.78, 5) is 0. The Morgan fingerprint density at radius 2 is 0.412 bits per heavy atom. The monoisotopic (exact) mass is 612 g/mol. The largest absolute Gasteiger partial charge is 0.394 e. The van der Waals surface area contributed by atoms with Crippen molar-refractivity contribution in [1.82, 2.24) is 0 Å². The SMILES string of the molecule is O=S(=O)(O)O.O=S(=O)(O)O.O=S(=O)(O)O.[Tb].[Tb]. The van der Waals surface area contributed by atoms with Crippen LogP contribution in [0.2, 0.25) is 0 Å². The van der Waals surface area contributed by atoms with Crippen LogP contribution in [0.25, 0.3) is 0 Å². The summed E-state index contributed by atoms with van der Waals surface area (Å²) in [5, 5.41) is 0. The van der Waals surface area contributed by atoms with Crippen LogP contribution in [0.4, 0.5) is 0 Å². The molecule has 2 radical (unpaired) electrons. The van der Waals surface area contributed by atoms with Crippen LogP contribution >= 0.6 is 0 Å². The minimum atomic E-state index is -4.67. The van der Waals surface area contributed by atoms with Gasteiger partial charge in [-0.1, -0.05) is 0 Å². The first-order valence-corrected chi connectivity index (χ1v) is 6.29. The van der Waals surface area contributed by atoms with Crippen LogP contribution in [0.1, 0.15) is 0 Å². The second-order valence-electron chi connectivity index (χ2n) is 1.34. The zero-order valence-corrected chi connectivity index (χ0v) is 13.8. The van der Waals surface area contributed by atoms with E-state index >= 15 is 0 Å². The van der Waals surface area contributed by atoms with Gasteiger partial charge in [0.1, 0.15) is 0 Å². The van der Waals surface area contributed by atoms with Crippen molar-refractivity contribution in [2.75, 3.05) is 0 Å². The Labute approximate surface area is 158 Å². The van der Waals surface area contributed by atoms with Gasteiger partial charge in [0.2, 0.25) is 0 Å². The van der Waals surface area contributed by atoms with Crippen LogP contribution in [0.5, 0.6) is 0 Å². The third-order valence-electron chi connectivity index (χ3n) is 0. The van der Waals surface area contributed by atoms with E-state index in [1.54, 1.807) is 0 Å². The summed E-state index contributed by atoms with van der Waals surface area (Å²) >= 11 is 0. The maximum absolute atomic E-state index is 8.74. The first-order valence-electron chi connectivity index (χ1n) is 2.10. The topological polar surface area (TPSA) is 224 Å². The molecule has 0 atom stereocenters. The van der Waals surface area contributed by atoms with Crippen LogP contribution in [0.3, 0.4) is 0 Å². The molecular formula is H6O12S3Tb2. The molecule has 114 valence electrons. The quantitative estimate of drug-likeness (QED) is 0.164. The molecule has 0 saturated carbocycles. The van der Waals surface area contributed by atoms with Gasteiger partial charge in [-0.15, -0.1) is 0 Å². The summed E-state index contributed by atoms with van der Waals surface area (Å²) in [6, 6.07) is 0. The van der Waals surface area contributed by atoms with Gasteiger partial charge in [0.05, 0.1) is 0 Å². The maximum atomic E-state index is 8.74. The minimum Gasteiger partial charge on any atom is -0.264 e. The summed E-state index contributed by atoms with van der Waals surface area (Å²) in [5.41, 5.74) is 0. The fourth-order valence-electron chi connectivity index (χ4n) is 0. The molecule has 0 aliphatic carbocycles. The van der Waals surface area contributed by atoms with Gasteiger partial charge in [-0.3, -0.25) is 27.3 Å². The third-order valence-corrected chi connectivity index (χ3v) is 0. The Morgan fingerprint density at radius 3 is 0.412 bits per heavy atom. The van der Waals surface area contributed by atoms with Crippen LogP contribution in [0, 0.1) is 77.2 Å². The molecule has 0 rings (SSSR count). The summed E-state index contributed by atoms with van der Waals surface area (Å²) in [6.45, 7) is 0. The fourth-order valence-corrected chi connectivity index (χ4v) is 0. The smallest absolute Gasteiger partial charge is 0.264 e. The maximum Gasteiger partial charge on any atom is 0.394 e. The summed E-state index contributed by atoms with van der Waals surface area (Å²) < 4.78 is 94.8. The molecular weight excluding hydrogens is 606 g/mol. The van der Waals surface area contributed by atoms with E-state index in [0.29, 0.717) is 0 Å². The second kappa shape index (κ2) is 13.2. The zero-order chi connectivity index (χ0) is 13.5. The van der Waals surface area contributed by atoms with Gasteiger partial charge in [-0.2, -0.15) is 25.3 Å². The third kappa shape index (κ3) is 1000. The van der Waals surface area contributed by atoms with E-state index < -0.39 is 31.2 Å². The summed E-state index contributed by atoms with van der Waals surface area (Å²) in [6.07, 6.45) is 0. The van der Waals surface area contributed by atoms with Crippen LogP contribution < -0.4 is 0 Å². The van der Waals surface area contributed by atoms with Crippen molar-refractivity contribution in [3.05, 3.63) is 0 Å². The van der Waals surface area contributed by atoms with Gasteiger partial charge in [-0.25, -0.2) is 0 Å². The Kier molecular flexibility index (Phi) is 24.4. The molecule has 0 fully saturated rings. The molecule has 0 aliphatic heterocycles. The van der Waals surface area contributed by atoms with E-state index in [1.165, 1.54) is 0 Å². The Balaban J connectivity index is -0.0000000400. The van der Waals surface area contributed by atoms with Crippen LogP contribution in [-0.4, -0.2) is 52.6 Å². The van der Waals surface area contributed by atoms with Gasteiger partial charge in [0.15, 0.2) is 0 Å². The number of hydrogen-bond acceptors (Lipinski definition) is 6. The standard InChI is InChI=1S/3H2O4S.2Tb/c3*1-5(2,3)4;;/h3*(H2,1,2,3,4);;. The molecule has 0 unspecified atom stereocenters. The Morgan fingerprint density at radius 1 is 0.412 bits per heavy atom. The van der Waals surface area contributed by atoms with Crippen molar-refractivity contribution in [2.24, 2.45) is 0 Å². The van der Waals surface area contributed by atoms with E-state index in [2.05, 4.69) is 0 Å². The van der Waals surface area contributed by atoms with Crippen LogP contribution in [0.15, 0.2) is 0 Å². The fraction of sp³-hybridized carbons (Fsp3) is 0. The average Bonchev–Trinajstić information content (AvgIpc) is 1.41. The molecule has 0 spiro atoms. The molecule has 0 aliphatic rings. The first-order chi connectivity index (χ1) is 6.00. The van der Waals surface area contributed by atoms with Crippen molar-refractivity contribution >= 4 is 31.2 Å². The van der Waals surface area contributed by atoms with Crippen molar-refractivity contribution in [1.29, 1.82) is 0 Å². The normalized spacial score (nSPS) is 10.2. The van der Waals surface area contributed by atoms with Crippen molar-refractivity contribution in [3.63, 3.8) is 0 Å². The van der Waals surface area contributed by atoms with E-state index in [-0.39, 0.29) is 77.2 Å². The molecule has 0 bridgehead atoms. The van der Waals surface area contributed by atoms with E-state index in [9.17, 15) is 0 Å². The second-order valence-corrected chi connectivity index (χ2v) is 4.03. The molecule has 0 amide bonds. The van der Waals surface area contributed by atoms with E-state index in [4.69, 9.17) is 52.6 Å². The average molecular weight is 612 g/mol. The minimum absolute atomic E-state index is 0. The molecule has 17 heteroatoms. The van der Waals surface area contributed by atoms with Gasteiger partial charge < -0.3 is 0 Å². The molecule has 6 N–H and O–H groups in total. The molecule has 0 aromatic rings. The van der Waals surface area contributed by atoms with E-state index in [1.807, 2.05) is 0 Å². The molecule has 0 saturated heterocycles. The number of rotatable bonds is 0. The van der Waals surface area contributed by atoms with Crippen LogP contribution in [-0.2, 0) is 31.2 Å². The number of hydrogen-bond donors (Lipinski definition) is 6. The summed E-state index contributed by atoms with van der Waals surface area (Å²) in [7, 11) is -14.0. The van der Waals surface area contributed by atoms with Crippen molar-refractivity contribution in [2.45, 2.75) is 0 Å². The molecule has 12 nitrogen and oxygen atoms in total. The van der Waals surface area contributed by atoms with E-state index in [0.717, 1.165) is 0 Å². The molecule has 0 heterocycles. The van der Waals surface area contributed by atoms with Gasteiger partial charge in [0, 0.05) is 77.2 Å². The summed E-state index contributed by atoms with van der Waals surface area (Å²) in [5.74, 6) is 0. The van der Waals surface area contributed by atoms with Gasteiger partial charge in [0.25, 0.3) is 0 Å². The predicted octanol–water partition coefficient (Wildman–Crippen LogP) is -1.96. The zero-order valence-electron chi connectivity index (χ0n) is 7.02. The molecule has 0 aromatic heterocycles. The van der Waals surface area contributed by atoms with Crippen molar-refractivity contribution in [3.8, 4) is 0 Å². The predicted molar refractivity (Wildman–Crippen MR) is 42.5 cm³/mol. The van der Waals surface area contributed by atoms with Gasteiger partial charge in [-0.05, 0) is 0 Å². The molecule has 0 aromatic carbocycles. The van der Waals surface area contributed by atoms with Crippen molar-refractivity contribution < 1.29 is 130 Å².